The molecule has 4 aromatic rings. The second-order valence-electron chi connectivity index (χ2n) is 8.09. The van der Waals surface area contributed by atoms with Crippen LogP contribution in [-0.2, 0) is 9.47 Å². The first-order chi connectivity index (χ1) is 18.1. The summed E-state index contributed by atoms with van der Waals surface area (Å²) < 4.78 is 10.2. The molecule has 2 aromatic heterocycles. The highest BCUT2D eigenvalue weighted by molar-refractivity contribution is 7.13. The van der Waals surface area contributed by atoms with E-state index in [1.54, 1.807) is 47.7 Å². The number of aromatic nitrogens is 3. The van der Waals surface area contributed by atoms with Gasteiger partial charge in [-0.15, -0.1) is 11.3 Å². The zero-order chi connectivity index (χ0) is 25.6. The van der Waals surface area contributed by atoms with Crippen molar-refractivity contribution in [2.24, 2.45) is 0 Å². The number of rotatable bonds is 6. The first kappa shape index (κ1) is 24.3. The second kappa shape index (κ2) is 11.1. The molecule has 0 unspecified atom stereocenters. The van der Waals surface area contributed by atoms with E-state index in [9.17, 15) is 9.59 Å². The third kappa shape index (κ3) is 5.90. The maximum atomic E-state index is 12.5. The molecular formula is C26H24N6O4S. The lowest BCUT2D eigenvalue weighted by Gasteiger charge is -2.27. The monoisotopic (exact) mass is 516 g/mol. The van der Waals surface area contributed by atoms with Gasteiger partial charge in [-0.3, -0.25) is 0 Å². The van der Waals surface area contributed by atoms with Crippen LogP contribution in [0.15, 0.2) is 66.0 Å². The van der Waals surface area contributed by atoms with Crippen LogP contribution >= 0.6 is 11.3 Å². The summed E-state index contributed by atoms with van der Waals surface area (Å²) in [6.45, 7) is 2.69. The van der Waals surface area contributed by atoms with Crippen molar-refractivity contribution in [3.05, 3.63) is 71.6 Å². The standard InChI is InChI=1S/C26H24N6O4S/c1-35-24(33)18-4-2-5-20(16-18)28-26(34)27-19-9-7-17(8-10-19)22-29-23(21-6-3-15-37-21)31-25(30-22)32-11-13-36-14-12-32/h2-10,15-16H,11-14H2,1H3,(H2,27,28,34). The van der Waals surface area contributed by atoms with Crippen LogP contribution in [0.3, 0.4) is 0 Å². The summed E-state index contributed by atoms with van der Waals surface area (Å²) in [5.74, 6) is 1.32. The van der Waals surface area contributed by atoms with Gasteiger partial charge in [-0.2, -0.15) is 9.97 Å². The van der Waals surface area contributed by atoms with Gasteiger partial charge in [-0.25, -0.2) is 14.6 Å². The molecule has 37 heavy (non-hydrogen) atoms. The minimum Gasteiger partial charge on any atom is -0.465 e. The Balaban J connectivity index is 1.33. The van der Waals surface area contributed by atoms with Gasteiger partial charge < -0.3 is 25.0 Å². The number of hydrogen-bond donors (Lipinski definition) is 2. The van der Waals surface area contributed by atoms with E-state index in [4.69, 9.17) is 24.4 Å². The van der Waals surface area contributed by atoms with Crippen LogP contribution in [0.5, 0.6) is 0 Å². The number of nitrogens with one attached hydrogen (secondary N) is 2. The van der Waals surface area contributed by atoms with Crippen molar-refractivity contribution in [3.8, 4) is 22.1 Å². The summed E-state index contributed by atoms with van der Waals surface area (Å²) in [7, 11) is 1.31. The molecule has 2 amide bonds. The Morgan fingerprint density at radius 2 is 1.68 bits per heavy atom. The summed E-state index contributed by atoms with van der Waals surface area (Å²) >= 11 is 1.57. The predicted octanol–water partition coefficient (Wildman–Crippen LogP) is 4.53. The number of hydrogen-bond acceptors (Lipinski definition) is 9. The Hall–Kier alpha value is -4.35. The van der Waals surface area contributed by atoms with Crippen molar-refractivity contribution >= 4 is 40.7 Å². The average Bonchev–Trinajstić information content (AvgIpc) is 3.49. The van der Waals surface area contributed by atoms with Gasteiger partial charge in [0.05, 0.1) is 30.8 Å². The number of methoxy groups -OCH3 is 1. The van der Waals surface area contributed by atoms with Crippen LogP contribution in [0, 0.1) is 0 Å². The van der Waals surface area contributed by atoms with Gasteiger partial charge in [0.25, 0.3) is 0 Å². The molecule has 5 rings (SSSR count). The number of carbonyl (C=O) groups is 2. The molecule has 2 N–H and O–H groups in total. The molecule has 11 heteroatoms. The Morgan fingerprint density at radius 3 is 2.41 bits per heavy atom. The molecule has 1 aliphatic rings. The van der Waals surface area contributed by atoms with E-state index < -0.39 is 12.0 Å². The maximum Gasteiger partial charge on any atom is 0.337 e. The smallest absolute Gasteiger partial charge is 0.337 e. The first-order valence-corrected chi connectivity index (χ1v) is 12.5. The van der Waals surface area contributed by atoms with Crippen LogP contribution in [0.25, 0.3) is 22.1 Å². The van der Waals surface area contributed by atoms with Crippen LogP contribution in [0.4, 0.5) is 22.1 Å². The number of anilines is 3. The predicted molar refractivity (Wildman–Crippen MR) is 142 cm³/mol. The third-order valence-corrected chi connectivity index (χ3v) is 6.47. The fourth-order valence-electron chi connectivity index (χ4n) is 3.75. The van der Waals surface area contributed by atoms with Crippen LogP contribution < -0.4 is 15.5 Å². The van der Waals surface area contributed by atoms with Crippen molar-refractivity contribution in [1.29, 1.82) is 0 Å². The normalized spacial score (nSPS) is 13.2. The van der Waals surface area contributed by atoms with Crippen molar-refractivity contribution in [1.82, 2.24) is 15.0 Å². The van der Waals surface area contributed by atoms with Crippen LogP contribution in [-0.4, -0.2) is 60.4 Å². The lowest BCUT2D eigenvalue weighted by atomic mass is 10.2. The Labute approximate surface area is 217 Å². The minimum absolute atomic E-state index is 0.348. The molecule has 0 spiro atoms. The number of benzene rings is 2. The van der Waals surface area contributed by atoms with Gasteiger partial charge in [0.2, 0.25) is 5.95 Å². The number of amides is 2. The number of ether oxygens (including phenoxy) is 2. The molecule has 1 aliphatic heterocycles. The fourth-order valence-corrected chi connectivity index (χ4v) is 4.41. The summed E-state index contributed by atoms with van der Waals surface area (Å²) in [5.41, 5.74) is 2.21. The Bertz CT molecular complexity index is 1390. The SMILES string of the molecule is COC(=O)c1cccc(NC(=O)Nc2ccc(-c3nc(-c4cccs4)nc(N4CCOCC4)n3)cc2)c1. The molecule has 1 fully saturated rings. The zero-order valence-corrected chi connectivity index (χ0v) is 20.8. The number of thiophene rings is 1. The highest BCUT2D eigenvalue weighted by Crippen LogP contribution is 2.27. The number of urea groups is 1. The van der Waals surface area contributed by atoms with Crippen molar-refractivity contribution in [3.63, 3.8) is 0 Å². The average molecular weight is 517 g/mol. The quantitative estimate of drug-likeness (QED) is 0.359. The molecule has 0 bridgehead atoms. The maximum absolute atomic E-state index is 12.5. The number of esters is 1. The molecule has 0 saturated carbocycles. The molecule has 0 radical (unpaired) electrons. The molecule has 1 saturated heterocycles. The zero-order valence-electron chi connectivity index (χ0n) is 20.0. The van der Waals surface area contributed by atoms with E-state index in [0.717, 1.165) is 10.4 Å². The van der Waals surface area contributed by atoms with Crippen molar-refractivity contribution < 1.29 is 19.1 Å². The second-order valence-corrected chi connectivity index (χ2v) is 9.04. The molecule has 2 aromatic carbocycles. The van der Waals surface area contributed by atoms with Crippen molar-refractivity contribution in [2.75, 3.05) is 48.9 Å². The van der Waals surface area contributed by atoms with Gasteiger partial charge in [0.15, 0.2) is 11.6 Å². The van der Waals surface area contributed by atoms with E-state index in [1.807, 2.05) is 29.6 Å². The van der Waals surface area contributed by atoms with Gasteiger partial charge in [-0.05, 0) is 53.9 Å². The largest absolute Gasteiger partial charge is 0.465 e. The highest BCUT2D eigenvalue weighted by Gasteiger charge is 2.18. The Morgan fingerprint density at radius 1 is 0.919 bits per heavy atom. The van der Waals surface area contributed by atoms with E-state index in [0.29, 0.717) is 60.8 Å². The lowest BCUT2D eigenvalue weighted by molar-refractivity contribution is 0.0600. The summed E-state index contributed by atoms with van der Waals surface area (Å²) in [4.78, 5) is 41.4. The van der Waals surface area contributed by atoms with E-state index >= 15 is 0 Å². The summed E-state index contributed by atoms with van der Waals surface area (Å²) in [6, 6.07) is 17.3. The topological polar surface area (TPSA) is 119 Å². The number of nitrogens with zero attached hydrogens (tertiary/aromatic N) is 4. The molecule has 0 atom stereocenters. The first-order valence-electron chi connectivity index (χ1n) is 11.6. The molecule has 0 aliphatic carbocycles. The number of morpholine rings is 1. The highest BCUT2D eigenvalue weighted by atomic mass is 32.1. The van der Waals surface area contributed by atoms with Gasteiger partial charge in [-0.1, -0.05) is 12.1 Å². The molecule has 3 heterocycles. The van der Waals surface area contributed by atoms with E-state index in [1.165, 1.54) is 7.11 Å². The fraction of sp³-hybridized carbons (Fsp3) is 0.192. The minimum atomic E-state index is -0.475. The van der Waals surface area contributed by atoms with E-state index in [-0.39, 0.29) is 0 Å². The van der Waals surface area contributed by atoms with E-state index in [2.05, 4.69) is 15.5 Å². The van der Waals surface area contributed by atoms with Gasteiger partial charge in [0, 0.05) is 30.0 Å². The summed E-state index contributed by atoms with van der Waals surface area (Å²) in [6.07, 6.45) is 0. The van der Waals surface area contributed by atoms with Crippen LogP contribution in [0.2, 0.25) is 0 Å². The van der Waals surface area contributed by atoms with Gasteiger partial charge in [0.1, 0.15) is 0 Å². The molecule has 10 nitrogen and oxygen atoms in total. The van der Waals surface area contributed by atoms with Gasteiger partial charge >= 0.3 is 12.0 Å². The number of carbonyl (C=O) groups excluding carboxylic acids is 2. The Kier molecular flexibility index (Phi) is 7.33. The molecule has 188 valence electrons. The van der Waals surface area contributed by atoms with Crippen LogP contribution in [0.1, 0.15) is 10.4 Å². The lowest BCUT2D eigenvalue weighted by Crippen LogP contribution is -2.37. The summed E-state index contributed by atoms with van der Waals surface area (Å²) in [5, 5.41) is 7.50. The van der Waals surface area contributed by atoms with Crippen molar-refractivity contribution in [2.45, 2.75) is 0 Å². The molecular weight excluding hydrogens is 492 g/mol. The third-order valence-electron chi connectivity index (χ3n) is 5.60.